The molecule has 122 valence electrons. The van der Waals surface area contributed by atoms with Gasteiger partial charge in [0.2, 0.25) is 15.9 Å². The molecule has 2 saturated heterocycles. The van der Waals surface area contributed by atoms with Crippen molar-refractivity contribution in [3.8, 4) is 0 Å². The van der Waals surface area contributed by atoms with Gasteiger partial charge in [-0.1, -0.05) is 0 Å². The maximum absolute atomic E-state index is 11.9. The molecule has 1 unspecified atom stereocenters. The molecule has 2 aliphatic rings. The van der Waals surface area contributed by atoms with E-state index in [9.17, 15) is 13.2 Å². The molecule has 0 spiro atoms. The van der Waals surface area contributed by atoms with E-state index in [0.29, 0.717) is 32.0 Å². The van der Waals surface area contributed by atoms with Crippen LogP contribution in [0.15, 0.2) is 0 Å². The van der Waals surface area contributed by atoms with Gasteiger partial charge in [0.05, 0.1) is 6.26 Å². The van der Waals surface area contributed by atoms with Gasteiger partial charge < -0.3 is 10.2 Å². The highest BCUT2D eigenvalue weighted by molar-refractivity contribution is 7.88. The lowest BCUT2D eigenvalue weighted by molar-refractivity contribution is -0.130. The first-order chi connectivity index (χ1) is 9.97. The minimum absolute atomic E-state index is 0.237. The summed E-state index contributed by atoms with van der Waals surface area (Å²) in [5.41, 5.74) is 0. The number of nitrogens with zero attached hydrogens (tertiary/aromatic N) is 2. The van der Waals surface area contributed by atoms with Crippen LogP contribution in [-0.4, -0.2) is 69.1 Å². The summed E-state index contributed by atoms with van der Waals surface area (Å²) in [6.45, 7) is 4.54. The molecule has 0 aliphatic carbocycles. The van der Waals surface area contributed by atoms with Gasteiger partial charge in [0.1, 0.15) is 0 Å². The van der Waals surface area contributed by atoms with E-state index in [0.717, 1.165) is 45.3 Å². The van der Waals surface area contributed by atoms with Gasteiger partial charge in [0, 0.05) is 39.1 Å². The molecule has 0 aromatic rings. The fourth-order valence-electron chi connectivity index (χ4n) is 3.12. The fourth-order valence-corrected chi connectivity index (χ4v) is 4.06. The van der Waals surface area contributed by atoms with Crippen LogP contribution in [0.5, 0.6) is 0 Å². The maximum Gasteiger partial charge on any atom is 0.223 e. The summed E-state index contributed by atoms with van der Waals surface area (Å²) in [4.78, 5) is 13.8. The number of rotatable bonds is 6. The molecule has 1 atom stereocenters. The van der Waals surface area contributed by atoms with Crippen molar-refractivity contribution in [2.24, 2.45) is 5.92 Å². The van der Waals surface area contributed by atoms with Gasteiger partial charge in [0.15, 0.2) is 0 Å². The minimum Gasteiger partial charge on any atom is -0.343 e. The molecule has 2 aliphatic heterocycles. The quantitative estimate of drug-likeness (QED) is 0.714. The first kappa shape index (κ1) is 16.7. The van der Waals surface area contributed by atoms with Crippen LogP contribution in [0.25, 0.3) is 0 Å². The zero-order valence-corrected chi connectivity index (χ0v) is 13.7. The number of carbonyl (C=O) groups excluding carboxylic acids is 1. The molecule has 0 aromatic carbocycles. The van der Waals surface area contributed by atoms with Crippen LogP contribution in [-0.2, 0) is 14.8 Å². The van der Waals surface area contributed by atoms with Gasteiger partial charge >= 0.3 is 0 Å². The van der Waals surface area contributed by atoms with Crippen LogP contribution in [0, 0.1) is 5.92 Å². The molecule has 2 heterocycles. The monoisotopic (exact) mass is 317 g/mol. The Hall–Kier alpha value is -0.660. The third kappa shape index (κ3) is 5.23. The van der Waals surface area contributed by atoms with E-state index in [-0.39, 0.29) is 5.91 Å². The lowest BCUT2D eigenvalue weighted by atomic mass is 10.00. The second kappa shape index (κ2) is 7.56. The summed E-state index contributed by atoms with van der Waals surface area (Å²) in [5.74, 6) is 0.594. The molecule has 0 radical (unpaired) electrons. The lowest BCUT2D eigenvalue weighted by Gasteiger charge is -2.31. The van der Waals surface area contributed by atoms with Gasteiger partial charge in [-0.25, -0.2) is 12.7 Å². The number of amides is 1. The summed E-state index contributed by atoms with van der Waals surface area (Å²) in [5, 5.41) is 3.31. The van der Waals surface area contributed by atoms with Gasteiger partial charge in [-0.15, -0.1) is 0 Å². The molecule has 2 fully saturated rings. The standard InChI is InChI=1S/C14H27N3O3S/c1-21(19,20)17-10-4-5-13(12-17)11-15-7-6-14(18)16-8-2-3-9-16/h13,15H,2-12H2,1H3. The molecule has 7 heteroatoms. The number of sulfonamides is 1. The molecule has 1 amide bonds. The van der Waals surface area contributed by atoms with Crippen molar-refractivity contribution < 1.29 is 13.2 Å². The fraction of sp³-hybridized carbons (Fsp3) is 0.929. The Morgan fingerprint density at radius 3 is 2.57 bits per heavy atom. The van der Waals surface area contributed by atoms with E-state index >= 15 is 0 Å². The van der Waals surface area contributed by atoms with Crippen LogP contribution in [0.1, 0.15) is 32.1 Å². The zero-order valence-electron chi connectivity index (χ0n) is 12.9. The average molecular weight is 317 g/mol. The number of nitrogens with one attached hydrogen (secondary N) is 1. The predicted octanol–water partition coefficient (Wildman–Crippen LogP) is 0.260. The Balaban J connectivity index is 1.63. The van der Waals surface area contributed by atoms with E-state index in [1.54, 1.807) is 4.31 Å². The highest BCUT2D eigenvalue weighted by Crippen LogP contribution is 2.17. The molecular weight excluding hydrogens is 290 g/mol. The molecule has 0 bridgehead atoms. The van der Waals surface area contributed by atoms with Gasteiger partial charge in [0.25, 0.3) is 0 Å². The Morgan fingerprint density at radius 1 is 1.19 bits per heavy atom. The largest absolute Gasteiger partial charge is 0.343 e. The summed E-state index contributed by atoms with van der Waals surface area (Å²) in [6, 6.07) is 0. The van der Waals surface area contributed by atoms with E-state index in [1.165, 1.54) is 6.26 Å². The number of carbonyl (C=O) groups is 1. The molecular formula is C14H27N3O3S. The maximum atomic E-state index is 11.9. The van der Waals surface area contributed by atoms with Crippen molar-refractivity contribution in [3.05, 3.63) is 0 Å². The smallest absolute Gasteiger partial charge is 0.223 e. The van der Waals surface area contributed by atoms with Crippen molar-refractivity contribution in [2.75, 3.05) is 45.5 Å². The van der Waals surface area contributed by atoms with Crippen molar-refractivity contribution in [1.29, 1.82) is 0 Å². The van der Waals surface area contributed by atoms with Crippen LogP contribution in [0.4, 0.5) is 0 Å². The van der Waals surface area contributed by atoms with Crippen LogP contribution in [0.2, 0.25) is 0 Å². The minimum atomic E-state index is -3.07. The molecule has 0 saturated carbocycles. The van der Waals surface area contributed by atoms with Gasteiger partial charge in [-0.2, -0.15) is 0 Å². The number of piperidine rings is 1. The highest BCUT2D eigenvalue weighted by atomic mass is 32.2. The molecule has 21 heavy (non-hydrogen) atoms. The predicted molar refractivity (Wildman–Crippen MR) is 82.4 cm³/mol. The Kier molecular flexibility index (Phi) is 6.01. The topological polar surface area (TPSA) is 69.7 Å². The van der Waals surface area contributed by atoms with E-state index in [2.05, 4.69) is 5.32 Å². The Labute approximate surface area is 127 Å². The number of hydrogen-bond acceptors (Lipinski definition) is 4. The third-order valence-electron chi connectivity index (χ3n) is 4.36. The summed E-state index contributed by atoms with van der Waals surface area (Å²) in [6.07, 6.45) is 6.05. The van der Waals surface area contributed by atoms with E-state index in [4.69, 9.17) is 0 Å². The SMILES string of the molecule is CS(=O)(=O)N1CCCC(CNCCC(=O)N2CCCC2)C1. The number of likely N-dealkylation sites (tertiary alicyclic amines) is 1. The van der Waals surface area contributed by atoms with Crippen LogP contribution < -0.4 is 5.32 Å². The van der Waals surface area contributed by atoms with Crippen LogP contribution in [0.3, 0.4) is 0 Å². The molecule has 6 nitrogen and oxygen atoms in total. The average Bonchev–Trinajstić information content (AvgIpc) is 2.97. The Bertz CT molecular complexity index is 446. The van der Waals surface area contributed by atoms with E-state index in [1.807, 2.05) is 4.90 Å². The van der Waals surface area contributed by atoms with Crippen LogP contribution >= 0.6 is 0 Å². The van der Waals surface area contributed by atoms with Gasteiger partial charge in [-0.3, -0.25) is 4.79 Å². The summed E-state index contributed by atoms with van der Waals surface area (Å²) >= 11 is 0. The van der Waals surface area contributed by atoms with Crippen molar-refractivity contribution in [2.45, 2.75) is 32.1 Å². The second-order valence-corrected chi connectivity index (χ2v) is 8.15. The molecule has 1 N–H and O–H groups in total. The highest BCUT2D eigenvalue weighted by Gasteiger charge is 2.25. The molecule has 0 aromatic heterocycles. The van der Waals surface area contributed by atoms with Crippen molar-refractivity contribution >= 4 is 15.9 Å². The number of hydrogen-bond donors (Lipinski definition) is 1. The first-order valence-electron chi connectivity index (χ1n) is 7.90. The Morgan fingerprint density at radius 2 is 1.90 bits per heavy atom. The first-order valence-corrected chi connectivity index (χ1v) is 9.75. The lowest BCUT2D eigenvalue weighted by Crippen LogP contribution is -2.42. The normalized spacial score (nSPS) is 24.4. The summed E-state index contributed by atoms with van der Waals surface area (Å²) < 4.78 is 24.7. The summed E-state index contributed by atoms with van der Waals surface area (Å²) in [7, 11) is -3.07. The zero-order chi connectivity index (χ0) is 15.3. The van der Waals surface area contributed by atoms with Crippen molar-refractivity contribution in [1.82, 2.24) is 14.5 Å². The second-order valence-electron chi connectivity index (χ2n) is 6.17. The third-order valence-corrected chi connectivity index (χ3v) is 5.63. The molecule has 2 rings (SSSR count). The van der Waals surface area contributed by atoms with Gasteiger partial charge in [-0.05, 0) is 38.1 Å². The van der Waals surface area contributed by atoms with E-state index < -0.39 is 10.0 Å². The van der Waals surface area contributed by atoms with Crippen molar-refractivity contribution in [3.63, 3.8) is 0 Å².